The summed E-state index contributed by atoms with van der Waals surface area (Å²) in [7, 11) is 0. The van der Waals surface area contributed by atoms with Crippen molar-refractivity contribution in [1.82, 2.24) is 9.97 Å². The maximum atomic E-state index is 10.8. The molecular weight excluding hydrogens is 236 g/mol. The Hall–Kier alpha value is -1.35. The van der Waals surface area contributed by atoms with Crippen molar-refractivity contribution in [1.29, 1.82) is 0 Å². The SMILES string of the molecule is CCCC(O)(Cc1cc2ccncc2[nH]1)CC(C)C. The Labute approximate surface area is 115 Å². The number of hydrogen-bond donors (Lipinski definition) is 2. The van der Waals surface area contributed by atoms with Gasteiger partial charge in [0.1, 0.15) is 0 Å². The topological polar surface area (TPSA) is 48.9 Å². The third kappa shape index (κ3) is 3.57. The molecule has 0 saturated heterocycles. The lowest BCUT2D eigenvalue weighted by atomic mass is 9.84. The normalized spacial score (nSPS) is 15.0. The summed E-state index contributed by atoms with van der Waals surface area (Å²) in [5, 5.41) is 12.0. The predicted octanol–water partition coefficient (Wildman–Crippen LogP) is 3.68. The summed E-state index contributed by atoms with van der Waals surface area (Å²) in [6, 6.07) is 4.12. The second-order valence-corrected chi connectivity index (χ2v) is 6.01. The molecule has 0 aromatic carbocycles. The van der Waals surface area contributed by atoms with E-state index in [1.54, 1.807) is 6.20 Å². The number of pyridine rings is 1. The molecule has 1 atom stereocenters. The van der Waals surface area contributed by atoms with Crippen LogP contribution in [0.5, 0.6) is 0 Å². The van der Waals surface area contributed by atoms with Gasteiger partial charge in [-0.1, -0.05) is 27.2 Å². The minimum absolute atomic E-state index is 0.502. The number of aromatic amines is 1. The van der Waals surface area contributed by atoms with Crippen LogP contribution in [0.2, 0.25) is 0 Å². The number of fused-ring (bicyclic) bond motifs is 1. The molecular formula is C16H24N2O. The van der Waals surface area contributed by atoms with E-state index in [1.807, 2.05) is 12.3 Å². The van der Waals surface area contributed by atoms with Crippen LogP contribution in [0.15, 0.2) is 24.5 Å². The Morgan fingerprint density at radius 3 is 2.84 bits per heavy atom. The lowest BCUT2D eigenvalue weighted by Gasteiger charge is -2.29. The summed E-state index contributed by atoms with van der Waals surface area (Å²) < 4.78 is 0. The summed E-state index contributed by atoms with van der Waals surface area (Å²) in [5.41, 5.74) is 1.54. The van der Waals surface area contributed by atoms with Gasteiger partial charge in [-0.3, -0.25) is 4.98 Å². The van der Waals surface area contributed by atoms with Crippen LogP contribution >= 0.6 is 0 Å². The first-order chi connectivity index (χ1) is 9.02. The molecule has 2 aromatic rings. The first-order valence-electron chi connectivity index (χ1n) is 7.16. The molecule has 3 nitrogen and oxygen atoms in total. The molecule has 2 rings (SSSR count). The molecule has 0 fully saturated rings. The van der Waals surface area contributed by atoms with Crippen LogP contribution in [-0.4, -0.2) is 20.7 Å². The zero-order valence-electron chi connectivity index (χ0n) is 12.1. The van der Waals surface area contributed by atoms with Gasteiger partial charge in [0, 0.05) is 23.7 Å². The monoisotopic (exact) mass is 260 g/mol. The highest BCUT2D eigenvalue weighted by atomic mass is 16.3. The largest absolute Gasteiger partial charge is 0.389 e. The molecule has 0 spiro atoms. The molecule has 0 saturated carbocycles. The van der Waals surface area contributed by atoms with E-state index in [4.69, 9.17) is 0 Å². The Bertz CT molecular complexity index is 499. The van der Waals surface area contributed by atoms with Gasteiger partial charge in [-0.25, -0.2) is 0 Å². The van der Waals surface area contributed by atoms with E-state index in [1.165, 1.54) is 0 Å². The van der Waals surface area contributed by atoms with Crippen molar-refractivity contribution in [2.45, 2.75) is 52.1 Å². The molecule has 0 aliphatic heterocycles. The second kappa shape index (κ2) is 5.74. The van der Waals surface area contributed by atoms with E-state index >= 15 is 0 Å². The van der Waals surface area contributed by atoms with Crippen molar-refractivity contribution in [3.8, 4) is 0 Å². The lowest BCUT2D eigenvalue weighted by Crippen LogP contribution is -2.33. The third-order valence-electron chi connectivity index (χ3n) is 3.50. The highest BCUT2D eigenvalue weighted by Gasteiger charge is 2.28. The van der Waals surface area contributed by atoms with Crippen LogP contribution in [0.3, 0.4) is 0 Å². The number of nitrogens with one attached hydrogen (secondary N) is 1. The van der Waals surface area contributed by atoms with E-state index in [0.717, 1.165) is 35.9 Å². The summed E-state index contributed by atoms with van der Waals surface area (Å²) in [5.74, 6) is 0.502. The van der Waals surface area contributed by atoms with Gasteiger partial charge in [0.05, 0.1) is 17.3 Å². The van der Waals surface area contributed by atoms with Crippen molar-refractivity contribution in [2.24, 2.45) is 5.92 Å². The van der Waals surface area contributed by atoms with Crippen LogP contribution in [0.4, 0.5) is 0 Å². The number of hydrogen-bond acceptors (Lipinski definition) is 2. The second-order valence-electron chi connectivity index (χ2n) is 6.01. The average molecular weight is 260 g/mol. The molecule has 104 valence electrons. The Kier molecular flexibility index (Phi) is 4.25. The fourth-order valence-electron chi connectivity index (χ4n) is 2.97. The Balaban J connectivity index is 2.20. The van der Waals surface area contributed by atoms with Gasteiger partial charge in [0.15, 0.2) is 0 Å². The lowest BCUT2D eigenvalue weighted by molar-refractivity contribution is 0.0102. The molecule has 2 heterocycles. The molecule has 0 bridgehead atoms. The first-order valence-corrected chi connectivity index (χ1v) is 7.16. The number of aliphatic hydroxyl groups is 1. The zero-order chi connectivity index (χ0) is 13.9. The first kappa shape index (κ1) is 14.1. The Morgan fingerprint density at radius 1 is 1.42 bits per heavy atom. The van der Waals surface area contributed by atoms with Crippen molar-refractivity contribution in [2.75, 3.05) is 0 Å². The highest BCUT2D eigenvalue weighted by Crippen LogP contribution is 2.27. The summed E-state index contributed by atoms with van der Waals surface area (Å²) in [6.07, 6.45) is 7.01. The van der Waals surface area contributed by atoms with Gasteiger partial charge in [-0.15, -0.1) is 0 Å². The van der Waals surface area contributed by atoms with E-state index in [9.17, 15) is 5.11 Å². The van der Waals surface area contributed by atoms with Gasteiger partial charge in [0.2, 0.25) is 0 Å². The van der Waals surface area contributed by atoms with Crippen molar-refractivity contribution < 1.29 is 5.11 Å². The number of H-pyrrole nitrogens is 1. The summed E-state index contributed by atoms with van der Waals surface area (Å²) in [6.45, 7) is 6.45. The quantitative estimate of drug-likeness (QED) is 0.832. The van der Waals surface area contributed by atoms with Crippen molar-refractivity contribution in [3.63, 3.8) is 0 Å². The molecule has 3 heteroatoms. The molecule has 0 aliphatic carbocycles. The average Bonchev–Trinajstić information content (AvgIpc) is 2.69. The smallest absolute Gasteiger partial charge is 0.0704 e. The van der Waals surface area contributed by atoms with Gasteiger partial charge in [0.25, 0.3) is 0 Å². The van der Waals surface area contributed by atoms with Gasteiger partial charge in [-0.05, 0) is 30.9 Å². The number of aromatic nitrogens is 2. The minimum Gasteiger partial charge on any atom is -0.389 e. The van der Waals surface area contributed by atoms with E-state index in [-0.39, 0.29) is 0 Å². The van der Waals surface area contributed by atoms with Crippen LogP contribution < -0.4 is 0 Å². The molecule has 0 radical (unpaired) electrons. The van der Waals surface area contributed by atoms with Gasteiger partial charge < -0.3 is 10.1 Å². The Morgan fingerprint density at radius 2 is 2.21 bits per heavy atom. The van der Waals surface area contributed by atoms with Gasteiger partial charge >= 0.3 is 0 Å². The number of nitrogens with zero attached hydrogens (tertiary/aromatic N) is 1. The minimum atomic E-state index is -0.600. The van der Waals surface area contributed by atoms with E-state index in [2.05, 4.69) is 36.8 Å². The zero-order valence-corrected chi connectivity index (χ0v) is 12.1. The standard InChI is InChI=1S/C16H24N2O/c1-4-6-16(19,9-12(2)3)10-14-8-13-5-7-17-11-15(13)18-14/h5,7-8,11-12,18-19H,4,6,9-10H2,1-3H3. The fraction of sp³-hybridized carbons (Fsp3) is 0.562. The fourth-order valence-corrected chi connectivity index (χ4v) is 2.97. The van der Waals surface area contributed by atoms with Gasteiger partial charge in [-0.2, -0.15) is 0 Å². The molecule has 2 N–H and O–H groups in total. The van der Waals surface area contributed by atoms with Crippen LogP contribution in [0.25, 0.3) is 10.9 Å². The molecule has 1 unspecified atom stereocenters. The molecule has 0 aliphatic rings. The highest BCUT2D eigenvalue weighted by molar-refractivity contribution is 5.79. The maximum absolute atomic E-state index is 10.8. The number of rotatable bonds is 6. The third-order valence-corrected chi connectivity index (χ3v) is 3.50. The van der Waals surface area contributed by atoms with E-state index in [0.29, 0.717) is 12.3 Å². The van der Waals surface area contributed by atoms with Crippen molar-refractivity contribution >= 4 is 10.9 Å². The van der Waals surface area contributed by atoms with Crippen LogP contribution in [0, 0.1) is 5.92 Å². The maximum Gasteiger partial charge on any atom is 0.0704 e. The summed E-state index contributed by atoms with van der Waals surface area (Å²) >= 11 is 0. The van der Waals surface area contributed by atoms with Crippen molar-refractivity contribution in [3.05, 3.63) is 30.2 Å². The molecule has 0 amide bonds. The van der Waals surface area contributed by atoms with E-state index < -0.39 is 5.60 Å². The molecule has 2 aromatic heterocycles. The summed E-state index contributed by atoms with van der Waals surface area (Å²) in [4.78, 5) is 7.47. The predicted molar refractivity (Wildman–Crippen MR) is 79.1 cm³/mol. The van der Waals surface area contributed by atoms with Crippen LogP contribution in [0.1, 0.15) is 45.7 Å². The molecule has 19 heavy (non-hydrogen) atoms. The van der Waals surface area contributed by atoms with Crippen LogP contribution in [-0.2, 0) is 6.42 Å².